The van der Waals surface area contributed by atoms with Gasteiger partial charge in [-0.3, -0.25) is 0 Å². The molecule has 0 aliphatic carbocycles. The molecular formula is C13H20N2O2S. The zero-order valence-corrected chi connectivity index (χ0v) is 11.8. The maximum atomic E-state index is 11.0. The Bertz CT molecular complexity index is 435. The van der Waals surface area contributed by atoms with E-state index < -0.39 is 5.97 Å². The molecule has 0 aliphatic rings. The van der Waals surface area contributed by atoms with E-state index in [1.807, 2.05) is 24.8 Å². The van der Waals surface area contributed by atoms with Crippen molar-refractivity contribution in [3.63, 3.8) is 0 Å². The second-order valence-electron chi connectivity index (χ2n) is 4.32. The first-order valence-electron chi connectivity index (χ1n) is 5.85. The van der Waals surface area contributed by atoms with Gasteiger partial charge in [-0.15, -0.1) is 0 Å². The van der Waals surface area contributed by atoms with Crippen molar-refractivity contribution in [3.8, 4) is 0 Å². The molecule has 1 aromatic rings. The molecule has 4 N–H and O–H groups in total. The number of nitrogens with one attached hydrogen (secondary N) is 1. The Kier molecular flexibility index (Phi) is 5.34. The van der Waals surface area contributed by atoms with Crippen LogP contribution in [0.1, 0.15) is 29.3 Å². The molecule has 4 nitrogen and oxygen atoms in total. The molecule has 1 aromatic carbocycles. The van der Waals surface area contributed by atoms with E-state index in [0.717, 1.165) is 24.2 Å². The van der Waals surface area contributed by atoms with Crippen LogP contribution in [-0.4, -0.2) is 29.1 Å². The lowest BCUT2D eigenvalue weighted by Crippen LogP contribution is -2.10. The van der Waals surface area contributed by atoms with E-state index >= 15 is 0 Å². The summed E-state index contributed by atoms with van der Waals surface area (Å²) in [6.45, 7) is 4.81. The minimum Gasteiger partial charge on any atom is -0.478 e. The molecule has 0 spiro atoms. The molecule has 0 radical (unpaired) electrons. The van der Waals surface area contributed by atoms with E-state index in [2.05, 4.69) is 18.5 Å². The van der Waals surface area contributed by atoms with Crippen LogP contribution >= 0.6 is 11.8 Å². The third kappa shape index (κ3) is 3.84. The van der Waals surface area contributed by atoms with Crippen LogP contribution in [0, 0.1) is 6.92 Å². The molecule has 0 saturated carbocycles. The average Bonchev–Trinajstić information content (AvgIpc) is 2.32. The molecule has 0 fully saturated rings. The number of thioether (sulfide) groups is 1. The summed E-state index contributed by atoms with van der Waals surface area (Å²) < 4.78 is 0. The SMILES string of the molecule is CSC(C)CCNc1cc(C)c(N)c(C(=O)O)c1. The van der Waals surface area contributed by atoms with Gasteiger partial charge in [-0.2, -0.15) is 11.8 Å². The molecule has 0 bridgehead atoms. The number of carbonyl (C=O) groups is 1. The van der Waals surface area contributed by atoms with E-state index in [-0.39, 0.29) is 5.56 Å². The second-order valence-corrected chi connectivity index (χ2v) is 5.60. The number of nitrogen functional groups attached to an aromatic ring is 1. The monoisotopic (exact) mass is 268 g/mol. The van der Waals surface area contributed by atoms with Gasteiger partial charge in [0.15, 0.2) is 0 Å². The fraction of sp³-hybridized carbons (Fsp3) is 0.462. The van der Waals surface area contributed by atoms with Gasteiger partial charge in [-0.25, -0.2) is 4.79 Å². The molecule has 0 heterocycles. The molecule has 0 aromatic heterocycles. The number of rotatable bonds is 6. The number of benzene rings is 1. The van der Waals surface area contributed by atoms with Gasteiger partial charge in [-0.05, 0) is 37.3 Å². The normalized spacial score (nSPS) is 12.2. The predicted octanol–water partition coefficient (Wildman–Crippen LogP) is 2.83. The van der Waals surface area contributed by atoms with Crippen LogP contribution in [0.5, 0.6) is 0 Å². The highest BCUT2D eigenvalue weighted by atomic mass is 32.2. The number of hydrogen-bond acceptors (Lipinski definition) is 4. The Hall–Kier alpha value is -1.36. The maximum absolute atomic E-state index is 11.0. The summed E-state index contributed by atoms with van der Waals surface area (Å²) in [7, 11) is 0. The number of carboxylic acid groups (broad SMARTS) is 1. The van der Waals surface area contributed by atoms with Crippen molar-refractivity contribution >= 4 is 29.1 Å². The molecule has 0 saturated heterocycles. The number of aryl methyl sites for hydroxylation is 1. The van der Waals surface area contributed by atoms with E-state index in [4.69, 9.17) is 10.8 Å². The van der Waals surface area contributed by atoms with Crippen molar-refractivity contribution in [2.45, 2.75) is 25.5 Å². The van der Waals surface area contributed by atoms with Gasteiger partial charge < -0.3 is 16.2 Å². The number of hydrogen-bond donors (Lipinski definition) is 3. The van der Waals surface area contributed by atoms with Gasteiger partial charge in [0.2, 0.25) is 0 Å². The molecule has 18 heavy (non-hydrogen) atoms. The first kappa shape index (κ1) is 14.7. The first-order valence-corrected chi connectivity index (χ1v) is 7.14. The quantitative estimate of drug-likeness (QED) is 0.692. The van der Waals surface area contributed by atoms with Gasteiger partial charge >= 0.3 is 5.97 Å². The lowest BCUT2D eigenvalue weighted by Gasteiger charge is -2.13. The van der Waals surface area contributed by atoms with Crippen LogP contribution in [0.15, 0.2) is 12.1 Å². The summed E-state index contributed by atoms with van der Waals surface area (Å²) in [5.41, 5.74) is 7.84. The molecule has 1 atom stereocenters. The Morgan fingerprint density at radius 1 is 1.56 bits per heavy atom. The van der Waals surface area contributed by atoms with Crippen molar-refractivity contribution in [3.05, 3.63) is 23.3 Å². The molecule has 1 rings (SSSR count). The standard InChI is InChI=1S/C13H20N2O2S/c1-8-6-10(15-5-4-9(2)18-3)7-11(12(8)14)13(16)17/h6-7,9,15H,4-5,14H2,1-3H3,(H,16,17). The minimum absolute atomic E-state index is 0.162. The third-order valence-corrected chi connectivity index (χ3v) is 3.94. The topological polar surface area (TPSA) is 75.3 Å². The largest absolute Gasteiger partial charge is 0.478 e. The van der Waals surface area contributed by atoms with Crippen molar-refractivity contribution < 1.29 is 9.90 Å². The van der Waals surface area contributed by atoms with Gasteiger partial charge in [0.1, 0.15) is 0 Å². The van der Waals surface area contributed by atoms with E-state index in [1.54, 1.807) is 6.07 Å². The lowest BCUT2D eigenvalue weighted by atomic mass is 10.1. The van der Waals surface area contributed by atoms with Crippen LogP contribution in [0.4, 0.5) is 11.4 Å². The van der Waals surface area contributed by atoms with Crippen molar-refractivity contribution in [2.75, 3.05) is 23.9 Å². The van der Waals surface area contributed by atoms with Crippen LogP contribution in [0.3, 0.4) is 0 Å². The summed E-state index contributed by atoms with van der Waals surface area (Å²) in [5.74, 6) is -0.989. The molecular weight excluding hydrogens is 248 g/mol. The average molecular weight is 268 g/mol. The molecule has 1 unspecified atom stereocenters. The summed E-state index contributed by atoms with van der Waals surface area (Å²) in [5, 5.41) is 12.9. The molecule has 0 aliphatic heterocycles. The zero-order chi connectivity index (χ0) is 13.7. The number of anilines is 2. The molecule has 0 amide bonds. The third-order valence-electron chi connectivity index (χ3n) is 2.90. The van der Waals surface area contributed by atoms with E-state index in [0.29, 0.717) is 10.9 Å². The second kappa shape index (κ2) is 6.54. The highest BCUT2D eigenvalue weighted by Crippen LogP contribution is 2.23. The van der Waals surface area contributed by atoms with E-state index in [1.165, 1.54) is 0 Å². The smallest absolute Gasteiger partial charge is 0.337 e. The Morgan fingerprint density at radius 2 is 2.22 bits per heavy atom. The Balaban J connectivity index is 2.75. The Morgan fingerprint density at radius 3 is 2.78 bits per heavy atom. The highest BCUT2D eigenvalue weighted by molar-refractivity contribution is 7.99. The zero-order valence-electron chi connectivity index (χ0n) is 11.0. The van der Waals surface area contributed by atoms with Crippen molar-refractivity contribution in [2.24, 2.45) is 0 Å². The van der Waals surface area contributed by atoms with Crippen molar-refractivity contribution in [1.29, 1.82) is 0 Å². The fourth-order valence-corrected chi connectivity index (χ4v) is 1.97. The predicted molar refractivity (Wildman–Crippen MR) is 78.6 cm³/mol. The summed E-state index contributed by atoms with van der Waals surface area (Å²) >= 11 is 1.82. The van der Waals surface area contributed by atoms with E-state index in [9.17, 15) is 4.79 Å². The summed E-state index contributed by atoms with van der Waals surface area (Å²) in [6, 6.07) is 3.47. The molecule has 5 heteroatoms. The summed E-state index contributed by atoms with van der Waals surface area (Å²) in [4.78, 5) is 11.0. The van der Waals surface area contributed by atoms with Crippen molar-refractivity contribution in [1.82, 2.24) is 0 Å². The Labute approximate surface area is 112 Å². The summed E-state index contributed by atoms with van der Waals surface area (Å²) in [6.07, 6.45) is 3.12. The fourth-order valence-electron chi connectivity index (χ4n) is 1.61. The minimum atomic E-state index is -0.989. The van der Waals surface area contributed by atoms with Crippen LogP contribution in [-0.2, 0) is 0 Å². The maximum Gasteiger partial charge on any atom is 0.337 e. The van der Waals surface area contributed by atoms with Gasteiger partial charge in [-0.1, -0.05) is 6.92 Å². The number of aromatic carboxylic acids is 1. The van der Waals surface area contributed by atoms with Gasteiger partial charge in [0, 0.05) is 23.2 Å². The number of carboxylic acids is 1. The number of nitrogens with two attached hydrogens (primary N) is 1. The van der Waals surface area contributed by atoms with Gasteiger partial charge in [0.05, 0.1) is 5.56 Å². The van der Waals surface area contributed by atoms with Gasteiger partial charge in [0.25, 0.3) is 0 Å². The lowest BCUT2D eigenvalue weighted by molar-refractivity contribution is 0.0698. The van der Waals surface area contributed by atoms with Crippen LogP contribution in [0.25, 0.3) is 0 Å². The van der Waals surface area contributed by atoms with Crippen LogP contribution < -0.4 is 11.1 Å². The highest BCUT2D eigenvalue weighted by Gasteiger charge is 2.11. The first-order chi connectivity index (χ1) is 8.45. The van der Waals surface area contributed by atoms with Crippen LogP contribution in [0.2, 0.25) is 0 Å². The molecule has 100 valence electrons.